The van der Waals surface area contributed by atoms with Crippen LogP contribution >= 0.6 is 23.4 Å². The molecule has 32 heavy (non-hydrogen) atoms. The van der Waals surface area contributed by atoms with E-state index in [1.165, 1.54) is 37.4 Å². The van der Waals surface area contributed by atoms with E-state index >= 15 is 0 Å². The van der Waals surface area contributed by atoms with Gasteiger partial charge in [-0.05, 0) is 38.8 Å². The fourth-order valence-corrected chi connectivity index (χ4v) is 5.65. The second-order valence-corrected chi connectivity index (χ2v) is 10.1. The molecule has 8 nitrogen and oxygen atoms in total. The van der Waals surface area contributed by atoms with Gasteiger partial charge in [0.2, 0.25) is 11.8 Å². The Bertz CT molecular complexity index is 793. The number of hydrogen-bond donors (Lipinski definition) is 1. The van der Waals surface area contributed by atoms with Crippen LogP contribution in [0, 0.1) is 5.92 Å². The van der Waals surface area contributed by atoms with Crippen LogP contribution in [0.2, 0.25) is 5.15 Å². The summed E-state index contributed by atoms with van der Waals surface area (Å²) in [5.41, 5.74) is 0. The van der Waals surface area contributed by atoms with Gasteiger partial charge in [0.15, 0.2) is 5.16 Å². The van der Waals surface area contributed by atoms with E-state index in [9.17, 15) is 9.59 Å². The van der Waals surface area contributed by atoms with Gasteiger partial charge >= 0.3 is 0 Å². The van der Waals surface area contributed by atoms with Gasteiger partial charge in [0.1, 0.15) is 11.0 Å². The Morgan fingerprint density at radius 2 is 1.75 bits per heavy atom. The fourth-order valence-electron chi connectivity index (χ4n) is 4.74. The average molecular weight is 481 g/mol. The summed E-state index contributed by atoms with van der Waals surface area (Å²) in [6, 6.07) is 1.76. The van der Waals surface area contributed by atoms with Crippen molar-refractivity contribution in [2.45, 2.75) is 43.7 Å². The van der Waals surface area contributed by atoms with Gasteiger partial charge in [0.25, 0.3) is 0 Å². The summed E-state index contributed by atoms with van der Waals surface area (Å²) < 4.78 is 0. The lowest BCUT2D eigenvalue weighted by molar-refractivity contribution is -0.135. The highest BCUT2D eigenvalue weighted by atomic mass is 35.5. The summed E-state index contributed by atoms with van der Waals surface area (Å²) in [6.45, 7) is 6.71. The van der Waals surface area contributed by atoms with Crippen molar-refractivity contribution in [3.8, 4) is 0 Å². The van der Waals surface area contributed by atoms with Crippen LogP contribution in [0.25, 0.3) is 0 Å². The SMILES string of the molecule is O=C(CSc1nc(Cl)cc(N2CCN(C(=O)C3CCCC3)CC2)n1)NCCN1CCCC1. The maximum atomic E-state index is 12.7. The zero-order chi connectivity index (χ0) is 22.3. The Kier molecular flexibility index (Phi) is 8.49. The number of carbonyl (C=O) groups is 2. The number of amides is 2. The van der Waals surface area contributed by atoms with E-state index in [1.807, 2.05) is 4.90 Å². The minimum Gasteiger partial charge on any atom is -0.354 e. The van der Waals surface area contributed by atoms with Gasteiger partial charge in [-0.1, -0.05) is 36.2 Å². The molecule has 1 saturated carbocycles. The van der Waals surface area contributed by atoms with Gasteiger partial charge in [-0.15, -0.1) is 0 Å². The monoisotopic (exact) mass is 480 g/mol. The molecule has 0 unspecified atom stereocenters. The van der Waals surface area contributed by atoms with Crippen molar-refractivity contribution in [2.24, 2.45) is 5.92 Å². The number of rotatable bonds is 8. The summed E-state index contributed by atoms with van der Waals surface area (Å²) in [4.78, 5) is 40.3. The van der Waals surface area contributed by atoms with Gasteiger partial charge in [-0.2, -0.15) is 0 Å². The fraction of sp³-hybridized carbons (Fsp3) is 0.727. The van der Waals surface area contributed by atoms with Gasteiger partial charge in [0.05, 0.1) is 5.75 Å². The Morgan fingerprint density at radius 3 is 2.47 bits per heavy atom. The highest BCUT2D eigenvalue weighted by Gasteiger charge is 2.29. The van der Waals surface area contributed by atoms with Crippen molar-refractivity contribution in [3.05, 3.63) is 11.2 Å². The van der Waals surface area contributed by atoms with Crippen LogP contribution in [-0.2, 0) is 9.59 Å². The van der Waals surface area contributed by atoms with Crippen LogP contribution in [0.1, 0.15) is 38.5 Å². The molecule has 2 amide bonds. The third kappa shape index (κ3) is 6.48. The molecule has 10 heteroatoms. The minimum atomic E-state index is -0.0154. The summed E-state index contributed by atoms with van der Waals surface area (Å²) in [5, 5.41) is 3.85. The zero-order valence-electron chi connectivity index (χ0n) is 18.6. The van der Waals surface area contributed by atoms with E-state index in [4.69, 9.17) is 11.6 Å². The first-order valence-corrected chi connectivity index (χ1v) is 13.1. The normalized spacial score (nSPS) is 20.2. The summed E-state index contributed by atoms with van der Waals surface area (Å²) in [7, 11) is 0. The number of hydrogen-bond acceptors (Lipinski definition) is 7. The van der Waals surface area contributed by atoms with Crippen molar-refractivity contribution in [1.29, 1.82) is 0 Å². The maximum absolute atomic E-state index is 12.7. The number of nitrogens with zero attached hydrogens (tertiary/aromatic N) is 5. The largest absolute Gasteiger partial charge is 0.354 e. The number of nitrogens with one attached hydrogen (secondary N) is 1. The smallest absolute Gasteiger partial charge is 0.230 e. The summed E-state index contributed by atoms with van der Waals surface area (Å²) in [5.74, 6) is 1.55. The molecule has 0 aromatic carbocycles. The number of anilines is 1. The first kappa shape index (κ1) is 23.6. The van der Waals surface area contributed by atoms with Crippen molar-refractivity contribution < 1.29 is 9.59 Å². The van der Waals surface area contributed by atoms with E-state index in [1.54, 1.807) is 6.07 Å². The molecule has 0 radical (unpaired) electrons. The van der Waals surface area contributed by atoms with Crippen molar-refractivity contribution >= 4 is 41.0 Å². The number of aromatic nitrogens is 2. The molecular formula is C22H33ClN6O2S. The summed E-state index contributed by atoms with van der Waals surface area (Å²) >= 11 is 7.55. The average Bonchev–Trinajstić information content (AvgIpc) is 3.52. The standard InChI is InChI=1S/C22H33ClN6O2S/c23-18-15-19(28-11-13-29(14-12-28)21(31)17-5-1-2-6-17)26-22(25-18)32-16-20(30)24-7-10-27-8-3-4-9-27/h15,17H,1-14,16H2,(H,24,30). The Labute approximate surface area is 199 Å². The minimum absolute atomic E-state index is 0.0154. The van der Waals surface area contributed by atoms with E-state index < -0.39 is 0 Å². The van der Waals surface area contributed by atoms with Gasteiger partial charge in [-0.3, -0.25) is 9.59 Å². The predicted molar refractivity (Wildman–Crippen MR) is 127 cm³/mol. The van der Waals surface area contributed by atoms with Crippen LogP contribution in [0.3, 0.4) is 0 Å². The van der Waals surface area contributed by atoms with Gasteiger partial charge < -0.3 is 20.0 Å². The van der Waals surface area contributed by atoms with Crippen molar-refractivity contribution in [1.82, 2.24) is 25.1 Å². The molecule has 176 valence electrons. The molecule has 0 atom stereocenters. The molecule has 1 N–H and O–H groups in total. The highest BCUT2D eigenvalue weighted by molar-refractivity contribution is 7.99. The zero-order valence-corrected chi connectivity index (χ0v) is 20.2. The van der Waals surface area contributed by atoms with Gasteiger partial charge in [-0.25, -0.2) is 9.97 Å². The Morgan fingerprint density at radius 1 is 1.03 bits per heavy atom. The molecule has 2 aliphatic heterocycles. The second-order valence-electron chi connectivity index (χ2n) is 8.81. The molecule has 3 fully saturated rings. The molecule has 2 saturated heterocycles. The molecule has 1 aliphatic carbocycles. The lowest BCUT2D eigenvalue weighted by Crippen LogP contribution is -2.50. The number of carbonyl (C=O) groups excluding carboxylic acids is 2. The highest BCUT2D eigenvalue weighted by Crippen LogP contribution is 2.28. The third-order valence-corrected chi connectivity index (χ3v) is 7.60. The van der Waals surface area contributed by atoms with Crippen molar-refractivity contribution in [2.75, 3.05) is 63.0 Å². The Balaban J connectivity index is 1.23. The predicted octanol–water partition coefficient (Wildman–Crippen LogP) is 2.27. The van der Waals surface area contributed by atoms with E-state index in [0.29, 0.717) is 35.9 Å². The van der Waals surface area contributed by atoms with Crippen LogP contribution in [0.15, 0.2) is 11.2 Å². The number of likely N-dealkylation sites (tertiary alicyclic amines) is 1. The molecule has 3 heterocycles. The topological polar surface area (TPSA) is 81.7 Å². The van der Waals surface area contributed by atoms with Crippen LogP contribution in [0.4, 0.5) is 5.82 Å². The number of halogens is 1. The van der Waals surface area contributed by atoms with Gasteiger partial charge in [0, 0.05) is 51.3 Å². The summed E-state index contributed by atoms with van der Waals surface area (Å²) in [6.07, 6.45) is 6.92. The van der Waals surface area contributed by atoms with Crippen molar-refractivity contribution in [3.63, 3.8) is 0 Å². The Hall–Kier alpha value is -1.58. The molecular weight excluding hydrogens is 448 g/mol. The second kappa shape index (κ2) is 11.5. The quantitative estimate of drug-likeness (QED) is 0.347. The van der Waals surface area contributed by atoms with Crippen LogP contribution < -0.4 is 10.2 Å². The molecule has 1 aromatic rings. The molecule has 0 spiro atoms. The van der Waals surface area contributed by atoms with E-state index in [0.717, 1.165) is 51.4 Å². The molecule has 0 bridgehead atoms. The van der Waals surface area contributed by atoms with E-state index in [-0.39, 0.29) is 17.6 Å². The number of piperazine rings is 1. The van der Waals surface area contributed by atoms with Crippen LogP contribution in [0.5, 0.6) is 0 Å². The van der Waals surface area contributed by atoms with E-state index in [2.05, 4.69) is 25.1 Å². The third-order valence-electron chi connectivity index (χ3n) is 6.56. The first-order chi connectivity index (χ1) is 15.6. The number of thioether (sulfide) groups is 1. The first-order valence-electron chi connectivity index (χ1n) is 11.8. The van der Waals surface area contributed by atoms with Crippen LogP contribution in [-0.4, -0.2) is 89.7 Å². The molecule has 3 aliphatic rings. The molecule has 4 rings (SSSR count). The maximum Gasteiger partial charge on any atom is 0.230 e. The molecule has 1 aromatic heterocycles. The lowest BCUT2D eigenvalue weighted by Gasteiger charge is -2.36. The lowest BCUT2D eigenvalue weighted by atomic mass is 10.1.